The Hall–Kier alpha value is -2.18. The van der Waals surface area contributed by atoms with Crippen LogP contribution in [0.2, 0.25) is 0 Å². The summed E-state index contributed by atoms with van der Waals surface area (Å²) >= 11 is 0. The lowest BCUT2D eigenvalue weighted by Gasteiger charge is -2.16. The Morgan fingerprint density at radius 1 is 1.47 bits per heavy atom. The number of carbonyl (C=O) groups excluding carboxylic acids is 1. The zero-order chi connectivity index (χ0) is 12.6. The summed E-state index contributed by atoms with van der Waals surface area (Å²) in [5.74, 6) is 0.0962. The van der Waals surface area contributed by atoms with Crippen LogP contribution >= 0.6 is 0 Å². The molecule has 0 amide bonds. The van der Waals surface area contributed by atoms with E-state index >= 15 is 0 Å². The van der Waals surface area contributed by atoms with Crippen molar-refractivity contribution in [3.63, 3.8) is 0 Å². The van der Waals surface area contributed by atoms with E-state index in [0.29, 0.717) is 11.5 Å². The van der Waals surface area contributed by atoms with Crippen LogP contribution in [0.4, 0.5) is 17.5 Å². The number of nitrogens with one attached hydrogen (secondary N) is 2. The average Bonchev–Trinajstić information content (AvgIpc) is 2.27. The molecule has 1 aliphatic rings. The molecule has 0 spiro atoms. The topological polar surface area (TPSA) is 113 Å². The molecule has 2 rings (SSSR count). The number of Topliss-reactive ketones (excluding diaryl/α,β-unsaturated/α-hetero) is 1. The van der Waals surface area contributed by atoms with Crippen molar-refractivity contribution >= 4 is 28.9 Å². The molecule has 4 N–H and O–H groups in total. The Kier molecular flexibility index (Phi) is 2.66. The molecule has 0 aromatic carbocycles. The molecule has 1 aromatic rings. The number of hydrogen-bond acceptors (Lipinski definition) is 6. The van der Waals surface area contributed by atoms with Crippen LogP contribution in [0.3, 0.4) is 0 Å². The van der Waals surface area contributed by atoms with Crippen molar-refractivity contribution < 1.29 is 4.79 Å². The van der Waals surface area contributed by atoms with Crippen LogP contribution in [0, 0.1) is 5.92 Å². The Morgan fingerprint density at radius 3 is 2.82 bits per heavy atom. The Labute approximate surface area is 97.2 Å². The van der Waals surface area contributed by atoms with E-state index in [2.05, 4.69) is 20.3 Å². The summed E-state index contributed by atoms with van der Waals surface area (Å²) in [6.45, 7) is 3.83. The third-order valence-corrected chi connectivity index (χ3v) is 2.39. The standard InChI is InChI=1S/C10H13N5O2/c1-4(2)7(16)5-3-12-8-6(13-5)9(17)15-10(11)14-8/h4H,3H2,1-2H3,(H4,11,12,14,15,17). The molecule has 7 heteroatoms. The molecule has 1 aliphatic heterocycles. The molecule has 90 valence electrons. The number of H-pyrrole nitrogens is 1. The number of nitrogens with zero attached hydrogens (tertiary/aromatic N) is 2. The van der Waals surface area contributed by atoms with Gasteiger partial charge in [-0.1, -0.05) is 13.8 Å². The highest BCUT2D eigenvalue weighted by Gasteiger charge is 2.22. The largest absolute Gasteiger partial charge is 0.369 e. The lowest BCUT2D eigenvalue weighted by Crippen LogP contribution is -2.31. The molecule has 0 radical (unpaired) electrons. The SMILES string of the molecule is CC(C)C(=O)C1=Nc2c(nc(N)[nH]c2=O)NC1. The molecular weight excluding hydrogens is 222 g/mol. The van der Waals surface area contributed by atoms with E-state index in [9.17, 15) is 9.59 Å². The predicted molar refractivity (Wildman–Crippen MR) is 64.7 cm³/mol. The van der Waals surface area contributed by atoms with Gasteiger partial charge in [0.2, 0.25) is 5.95 Å². The second-order valence-corrected chi connectivity index (χ2v) is 4.08. The summed E-state index contributed by atoms with van der Waals surface area (Å²) in [5, 5.41) is 2.87. The molecule has 0 unspecified atom stereocenters. The second-order valence-electron chi connectivity index (χ2n) is 4.08. The normalized spacial score (nSPS) is 13.9. The maximum Gasteiger partial charge on any atom is 0.280 e. The van der Waals surface area contributed by atoms with Crippen molar-refractivity contribution in [2.75, 3.05) is 17.6 Å². The smallest absolute Gasteiger partial charge is 0.280 e. The van der Waals surface area contributed by atoms with Crippen LogP contribution in [0.1, 0.15) is 13.8 Å². The first-order valence-corrected chi connectivity index (χ1v) is 5.24. The number of aromatic amines is 1. The van der Waals surface area contributed by atoms with Gasteiger partial charge in [-0.3, -0.25) is 14.6 Å². The second kappa shape index (κ2) is 4.00. The summed E-state index contributed by atoms with van der Waals surface area (Å²) in [4.78, 5) is 33.6. The van der Waals surface area contributed by atoms with Gasteiger partial charge in [-0.2, -0.15) is 4.98 Å². The van der Waals surface area contributed by atoms with Crippen molar-refractivity contribution in [3.8, 4) is 0 Å². The Bertz CT molecular complexity index is 558. The van der Waals surface area contributed by atoms with Gasteiger partial charge >= 0.3 is 0 Å². The van der Waals surface area contributed by atoms with E-state index in [1.807, 2.05) is 0 Å². The average molecular weight is 235 g/mol. The molecule has 0 fully saturated rings. The number of anilines is 2. The van der Waals surface area contributed by atoms with Crippen molar-refractivity contribution in [3.05, 3.63) is 10.4 Å². The Morgan fingerprint density at radius 2 is 2.18 bits per heavy atom. The van der Waals surface area contributed by atoms with E-state index in [0.717, 1.165) is 0 Å². The van der Waals surface area contributed by atoms with Gasteiger partial charge in [-0.25, -0.2) is 4.99 Å². The van der Waals surface area contributed by atoms with E-state index in [4.69, 9.17) is 5.73 Å². The van der Waals surface area contributed by atoms with Gasteiger partial charge in [0.15, 0.2) is 17.3 Å². The van der Waals surface area contributed by atoms with Crippen molar-refractivity contribution in [2.45, 2.75) is 13.8 Å². The number of carbonyl (C=O) groups is 1. The predicted octanol–water partition coefficient (Wildman–Crippen LogP) is 0.0752. The molecule has 0 atom stereocenters. The Balaban J connectivity index is 2.48. The van der Waals surface area contributed by atoms with Crippen LogP contribution < -0.4 is 16.6 Å². The lowest BCUT2D eigenvalue weighted by molar-refractivity contribution is -0.115. The number of ketones is 1. The highest BCUT2D eigenvalue weighted by molar-refractivity contribution is 6.42. The van der Waals surface area contributed by atoms with E-state index < -0.39 is 5.56 Å². The van der Waals surface area contributed by atoms with Gasteiger partial charge in [0.05, 0.1) is 6.54 Å². The molecule has 7 nitrogen and oxygen atoms in total. The lowest BCUT2D eigenvalue weighted by atomic mass is 10.0. The molecule has 0 aliphatic carbocycles. The van der Waals surface area contributed by atoms with Gasteiger partial charge in [-0.15, -0.1) is 0 Å². The summed E-state index contributed by atoms with van der Waals surface area (Å²) in [7, 11) is 0. The van der Waals surface area contributed by atoms with Crippen LogP contribution in [-0.2, 0) is 4.79 Å². The maximum absolute atomic E-state index is 11.8. The number of aliphatic imine (C=N–C) groups is 1. The molecule has 17 heavy (non-hydrogen) atoms. The van der Waals surface area contributed by atoms with Crippen molar-refractivity contribution in [2.24, 2.45) is 10.9 Å². The molecule has 0 saturated heterocycles. The fourth-order valence-electron chi connectivity index (χ4n) is 1.53. The van der Waals surface area contributed by atoms with Crippen LogP contribution in [-0.4, -0.2) is 28.0 Å². The van der Waals surface area contributed by atoms with Gasteiger partial charge in [-0.05, 0) is 0 Å². The zero-order valence-electron chi connectivity index (χ0n) is 9.57. The molecule has 2 heterocycles. The quantitative estimate of drug-likeness (QED) is 0.671. The number of nitrogen functional groups attached to an aromatic ring is 1. The minimum absolute atomic E-state index is 0.0232. The zero-order valence-corrected chi connectivity index (χ0v) is 9.57. The minimum atomic E-state index is -0.450. The minimum Gasteiger partial charge on any atom is -0.369 e. The fourth-order valence-corrected chi connectivity index (χ4v) is 1.53. The third-order valence-electron chi connectivity index (χ3n) is 2.39. The number of aromatic nitrogens is 2. The number of rotatable bonds is 2. The fraction of sp³-hybridized carbons (Fsp3) is 0.400. The molecule has 1 aromatic heterocycles. The van der Waals surface area contributed by atoms with Gasteiger partial charge in [0.25, 0.3) is 5.56 Å². The molecule has 0 bridgehead atoms. The number of fused-ring (bicyclic) bond motifs is 1. The van der Waals surface area contributed by atoms with Crippen LogP contribution in [0.5, 0.6) is 0 Å². The molecule has 0 saturated carbocycles. The van der Waals surface area contributed by atoms with Crippen molar-refractivity contribution in [1.29, 1.82) is 0 Å². The third kappa shape index (κ3) is 2.03. The monoisotopic (exact) mass is 235 g/mol. The van der Waals surface area contributed by atoms with Gasteiger partial charge in [0.1, 0.15) is 5.71 Å². The van der Waals surface area contributed by atoms with Crippen LogP contribution in [0.25, 0.3) is 0 Å². The van der Waals surface area contributed by atoms with E-state index in [1.165, 1.54) is 0 Å². The molecular formula is C10H13N5O2. The number of nitrogens with two attached hydrogens (primary N) is 1. The summed E-state index contributed by atoms with van der Waals surface area (Å²) in [5.41, 5.74) is 5.40. The summed E-state index contributed by atoms with van der Waals surface area (Å²) < 4.78 is 0. The first kappa shape index (κ1) is 11.3. The highest BCUT2D eigenvalue weighted by atomic mass is 16.1. The first-order valence-electron chi connectivity index (χ1n) is 5.24. The summed E-state index contributed by atoms with van der Waals surface area (Å²) in [6.07, 6.45) is 0. The van der Waals surface area contributed by atoms with E-state index in [1.54, 1.807) is 13.8 Å². The van der Waals surface area contributed by atoms with Gasteiger partial charge < -0.3 is 11.1 Å². The van der Waals surface area contributed by atoms with E-state index in [-0.39, 0.29) is 29.9 Å². The number of hydrogen-bond donors (Lipinski definition) is 3. The summed E-state index contributed by atoms with van der Waals surface area (Å²) in [6, 6.07) is 0. The van der Waals surface area contributed by atoms with Gasteiger partial charge in [0, 0.05) is 5.92 Å². The van der Waals surface area contributed by atoms with Crippen LogP contribution in [0.15, 0.2) is 9.79 Å². The maximum atomic E-state index is 11.8. The highest BCUT2D eigenvalue weighted by Crippen LogP contribution is 2.22. The van der Waals surface area contributed by atoms with Crippen molar-refractivity contribution in [1.82, 2.24) is 9.97 Å². The first-order chi connectivity index (χ1) is 7.99.